The Balaban J connectivity index is 1.64. The van der Waals surface area contributed by atoms with E-state index in [1.165, 1.54) is 29.8 Å². The molecular formula is C20H15N3O5S2. The molecule has 0 N–H and O–H groups in total. The second kappa shape index (κ2) is 7.54. The lowest BCUT2D eigenvalue weighted by molar-refractivity contribution is -0.141. The van der Waals surface area contributed by atoms with Crippen LogP contribution in [0.25, 0.3) is 20.4 Å². The van der Waals surface area contributed by atoms with Crippen LogP contribution in [0.1, 0.15) is 10.4 Å². The predicted molar refractivity (Wildman–Crippen MR) is 112 cm³/mol. The Hall–Kier alpha value is -3.24. The summed E-state index contributed by atoms with van der Waals surface area (Å²) in [7, 11) is 1.32. The quantitative estimate of drug-likeness (QED) is 0.454. The van der Waals surface area contributed by atoms with Gasteiger partial charge in [0.1, 0.15) is 19.8 Å². The van der Waals surface area contributed by atoms with Crippen LogP contribution in [0.4, 0.5) is 0 Å². The van der Waals surface area contributed by atoms with E-state index in [-0.39, 0.29) is 6.54 Å². The molecule has 0 bridgehead atoms. The highest BCUT2D eigenvalue weighted by Crippen LogP contribution is 2.35. The first-order valence-electron chi connectivity index (χ1n) is 9.04. The van der Waals surface area contributed by atoms with Crippen LogP contribution in [-0.2, 0) is 16.1 Å². The molecule has 0 radical (unpaired) electrons. The number of methoxy groups -OCH3 is 1. The average molecular weight is 441 g/mol. The number of ether oxygens (including phenoxy) is 3. The van der Waals surface area contributed by atoms with Gasteiger partial charge in [-0.3, -0.25) is 9.59 Å². The summed E-state index contributed by atoms with van der Waals surface area (Å²) in [4.78, 5) is 33.8. The maximum Gasteiger partial charge on any atom is 0.325 e. The van der Waals surface area contributed by atoms with E-state index >= 15 is 0 Å². The third-order valence-electron chi connectivity index (χ3n) is 4.64. The van der Waals surface area contributed by atoms with Gasteiger partial charge in [-0.05, 0) is 18.2 Å². The summed E-state index contributed by atoms with van der Waals surface area (Å²) in [6.45, 7) is 0.855. The molecule has 0 unspecified atom stereocenters. The smallest absolute Gasteiger partial charge is 0.325 e. The molecule has 1 aliphatic rings. The summed E-state index contributed by atoms with van der Waals surface area (Å²) in [6.07, 6.45) is 0. The second-order valence-electron chi connectivity index (χ2n) is 6.46. The lowest BCUT2D eigenvalue weighted by Crippen LogP contribution is -2.22. The van der Waals surface area contributed by atoms with Crippen molar-refractivity contribution in [1.82, 2.24) is 9.55 Å². The third kappa shape index (κ3) is 3.33. The van der Waals surface area contributed by atoms with Crippen LogP contribution in [0, 0.1) is 0 Å². The van der Waals surface area contributed by atoms with Gasteiger partial charge >= 0.3 is 5.97 Å². The number of benzene rings is 2. The number of thiazole rings is 2. The van der Waals surface area contributed by atoms with Gasteiger partial charge in [-0.15, -0.1) is 11.3 Å². The van der Waals surface area contributed by atoms with Crippen molar-refractivity contribution >= 4 is 55.0 Å². The fourth-order valence-electron chi connectivity index (χ4n) is 3.18. The normalized spacial score (nSPS) is 13.7. The molecule has 5 rings (SSSR count). The molecule has 0 fully saturated rings. The van der Waals surface area contributed by atoms with E-state index in [0.717, 1.165) is 20.4 Å². The van der Waals surface area contributed by atoms with E-state index in [0.29, 0.717) is 35.1 Å². The first-order valence-corrected chi connectivity index (χ1v) is 10.7. The Bertz CT molecular complexity index is 1370. The number of nitrogens with zero attached hydrogens (tertiary/aromatic N) is 3. The van der Waals surface area contributed by atoms with Crippen molar-refractivity contribution in [2.45, 2.75) is 6.54 Å². The molecule has 10 heteroatoms. The molecule has 30 heavy (non-hydrogen) atoms. The lowest BCUT2D eigenvalue weighted by atomic mass is 10.2. The van der Waals surface area contributed by atoms with Crippen LogP contribution in [-0.4, -0.2) is 41.8 Å². The van der Waals surface area contributed by atoms with Gasteiger partial charge in [0.25, 0.3) is 5.91 Å². The van der Waals surface area contributed by atoms with Crippen molar-refractivity contribution < 1.29 is 23.8 Å². The van der Waals surface area contributed by atoms with Crippen LogP contribution in [0.15, 0.2) is 40.8 Å². The molecule has 2 aromatic heterocycles. The van der Waals surface area contributed by atoms with Crippen molar-refractivity contribution in [3.8, 4) is 11.5 Å². The minimum Gasteiger partial charge on any atom is -0.486 e. The SMILES string of the molecule is COC(=O)Cn1c(=NC(=O)c2ccc3ncsc3c2)sc2cc3c(cc21)OCCO3. The van der Waals surface area contributed by atoms with Gasteiger partial charge in [-0.1, -0.05) is 11.3 Å². The van der Waals surface area contributed by atoms with E-state index in [2.05, 4.69) is 9.98 Å². The average Bonchev–Trinajstić information content (AvgIpc) is 3.36. The molecule has 8 nitrogen and oxygen atoms in total. The Morgan fingerprint density at radius 2 is 1.97 bits per heavy atom. The van der Waals surface area contributed by atoms with E-state index in [4.69, 9.17) is 14.2 Å². The summed E-state index contributed by atoms with van der Waals surface area (Å²) >= 11 is 2.76. The molecule has 0 spiro atoms. The number of carbonyl (C=O) groups is 2. The molecule has 2 aromatic carbocycles. The number of esters is 1. The van der Waals surface area contributed by atoms with Gasteiger partial charge < -0.3 is 18.8 Å². The van der Waals surface area contributed by atoms with Gasteiger partial charge in [-0.2, -0.15) is 4.99 Å². The molecule has 0 saturated carbocycles. The molecule has 0 saturated heterocycles. The minimum atomic E-state index is -0.440. The first kappa shape index (κ1) is 18.8. The third-order valence-corrected chi connectivity index (χ3v) is 6.47. The number of amides is 1. The van der Waals surface area contributed by atoms with Crippen LogP contribution >= 0.6 is 22.7 Å². The van der Waals surface area contributed by atoms with Crippen molar-refractivity contribution in [1.29, 1.82) is 0 Å². The number of aromatic nitrogens is 2. The van der Waals surface area contributed by atoms with E-state index in [9.17, 15) is 9.59 Å². The number of fused-ring (bicyclic) bond motifs is 3. The van der Waals surface area contributed by atoms with E-state index in [1.807, 2.05) is 6.07 Å². The first-order chi connectivity index (χ1) is 14.6. The zero-order valence-corrected chi connectivity index (χ0v) is 17.4. The Morgan fingerprint density at radius 3 is 2.77 bits per heavy atom. The van der Waals surface area contributed by atoms with Gasteiger partial charge in [0.15, 0.2) is 16.3 Å². The summed E-state index contributed by atoms with van der Waals surface area (Å²) in [5.74, 6) is 0.393. The van der Waals surface area contributed by atoms with Crippen LogP contribution in [0.3, 0.4) is 0 Å². The van der Waals surface area contributed by atoms with E-state index in [1.54, 1.807) is 34.3 Å². The van der Waals surface area contributed by atoms with Gasteiger partial charge in [0.05, 0.1) is 33.1 Å². The van der Waals surface area contributed by atoms with Crippen LogP contribution in [0.5, 0.6) is 11.5 Å². The molecule has 0 aliphatic carbocycles. The van der Waals surface area contributed by atoms with E-state index < -0.39 is 11.9 Å². The standard InChI is InChI=1S/C20H15N3O5S2/c1-26-18(24)9-23-13-7-14-15(28-5-4-27-14)8-17(13)30-20(23)22-19(25)11-2-3-12-16(6-11)29-10-21-12/h2-3,6-8,10H,4-5,9H2,1H3. The molecule has 3 heterocycles. The summed E-state index contributed by atoms with van der Waals surface area (Å²) in [6, 6.07) is 8.92. The highest BCUT2D eigenvalue weighted by atomic mass is 32.1. The molecular weight excluding hydrogens is 426 g/mol. The van der Waals surface area contributed by atoms with Crippen molar-refractivity contribution in [2.75, 3.05) is 20.3 Å². The van der Waals surface area contributed by atoms with Gasteiger partial charge in [0, 0.05) is 17.7 Å². The Kier molecular flexibility index (Phi) is 4.72. The topological polar surface area (TPSA) is 92.0 Å². The van der Waals surface area contributed by atoms with Crippen LogP contribution in [0.2, 0.25) is 0 Å². The highest BCUT2D eigenvalue weighted by molar-refractivity contribution is 7.17. The van der Waals surface area contributed by atoms with Gasteiger partial charge in [0.2, 0.25) is 0 Å². The monoisotopic (exact) mass is 441 g/mol. The predicted octanol–water partition coefficient (Wildman–Crippen LogP) is 3.00. The van der Waals surface area contributed by atoms with Gasteiger partial charge in [-0.25, -0.2) is 4.98 Å². The summed E-state index contributed by atoms with van der Waals surface area (Å²) in [5, 5.41) is 0. The van der Waals surface area contributed by atoms with Crippen LogP contribution < -0.4 is 14.3 Å². The zero-order chi connectivity index (χ0) is 20.7. The fourth-order valence-corrected chi connectivity index (χ4v) is 4.93. The largest absolute Gasteiger partial charge is 0.486 e. The number of carbonyl (C=O) groups excluding carboxylic acids is 2. The maximum absolute atomic E-state index is 12.9. The zero-order valence-electron chi connectivity index (χ0n) is 15.8. The fraction of sp³-hybridized carbons (Fsp3) is 0.200. The molecule has 152 valence electrons. The number of rotatable bonds is 3. The molecule has 0 atom stereocenters. The second-order valence-corrected chi connectivity index (χ2v) is 8.36. The van der Waals surface area contributed by atoms with Crippen molar-refractivity contribution in [3.63, 3.8) is 0 Å². The molecule has 1 aliphatic heterocycles. The summed E-state index contributed by atoms with van der Waals surface area (Å²) in [5.41, 5.74) is 3.75. The molecule has 1 amide bonds. The minimum absolute atomic E-state index is 0.0733. The lowest BCUT2D eigenvalue weighted by Gasteiger charge is -2.18. The highest BCUT2D eigenvalue weighted by Gasteiger charge is 2.18. The van der Waals surface area contributed by atoms with Crippen molar-refractivity contribution in [3.05, 3.63) is 46.2 Å². The Morgan fingerprint density at radius 1 is 1.17 bits per heavy atom. The van der Waals surface area contributed by atoms with Crippen molar-refractivity contribution in [2.24, 2.45) is 4.99 Å². The number of hydrogen-bond donors (Lipinski definition) is 0. The molecule has 4 aromatic rings. The maximum atomic E-state index is 12.9. The number of hydrogen-bond acceptors (Lipinski definition) is 8. The Labute approximate surface area is 178 Å². The summed E-state index contributed by atoms with van der Waals surface area (Å²) < 4.78 is 19.5.